The summed E-state index contributed by atoms with van der Waals surface area (Å²) in [7, 11) is 3.54. The Morgan fingerprint density at radius 2 is 1.66 bits per heavy atom. The van der Waals surface area contributed by atoms with Crippen molar-refractivity contribution in [3.8, 4) is 12.1 Å². The van der Waals surface area contributed by atoms with Crippen molar-refractivity contribution in [2.75, 3.05) is 40.3 Å². The molecule has 178 valence electrons. The van der Waals surface area contributed by atoms with E-state index in [9.17, 15) is 14.4 Å². The summed E-state index contributed by atoms with van der Waals surface area (Å²) >= 11 is 0. The quantitative estimate of drug-likeness (QED) is 0.618. The molecule has 1 aliphatic rings. The molecule has 0 aromatic heterocycles. The summed E-state index contributed by atoms with van der Waals surface area (Å²) in [4.78, 5) is 41.6. The molecule has 35 heavy (non-hydrogen) atoms. The molecule has 0 radical (unpaired) electrons. The smallest absolute Gasteiger partial charge is 0.242 e. The number of amides is 2. The molecule has 8 heteroatoms. The van der Waals surface area contributed by atoms with E-state index in [4.69, 9.17) is 10.5 Å². The molecule has 2 amide bonds. The SMILES string of the molecule is CN(C)CC(=O)NCC(=O)N1C/C(=C\c2ccc(C#N)cc2)C(=O)C(Cc2ccc(C#N)cc2)C1. The average molecular weight is 470 g/mol. The number of nitrogens with zero attached hydrogens (tertiary/aromatic N) is 4. The maximum absolute atomic E-state index is 13.3. The molecule has 1 atom stereocenters. The van der Waals surface area contributed by atoms with E-state index in [1.165, 1.54) is 0 Å². The number of hydrogen-bond acceptors (Lipinski definition) is 6. The molecule has 0 aliphatic carbocycles. The van der Waals surface area contributed by atoms with Crippen LogP contribution in [0, 0.1) is 28.6 Å². The van der Waals surface area contributed by atoms with Crippen LogP contribution in [0.25, 0.3) is 6.08 Å². The van der Waals surface area contributed by atoms with E-state index < -0.39 is 5.92 Å². The van der Waals surface area contributed by atoms with Gasteiger partial charge in [-0.25, -0.2) is 0 Å². The Balaban J connectivity index is 1.82. The highest BCUT2D eigenvalue weighted by atomic mass is 16.2. The molecule has 8 nitrogen and oxygen atoms in total. The molecule has 1 N–H and O–H groups in total. The number of carbonyl (C=O) groups excluding carboxylic acids is 3. The van der Waals surface area contributed by atoms with Crippen molar-refractivity contribution in [2.24, 2.45) is 5.92 Å². The van der Waals surface area contributed by atoms with Crippen LogP contribution in [0.3, 0.4) is 0 Å². The van der Waals surface area contributed by atoms with Crippen LogP contribution >= 0.6 is 0 Å². The highest BCUT2D eigenvalue weighted by Crippen LogP contribution is 2.24. The van der Waals surface area contributed by atoms with Gasteiger partial charge in [0.25, 0.3) is 0 Å². The first-order chi connectivity index (χ1) is 16.8. The van der Waals surface area contributed by atoms with Gasteiger partial charge in [-0.05, 0) is 62.0 Å². The van der Waals surface area contributed by atoms with Crippen molar-refractivity contribution >= 4 is 23.7 Å². The summed E-state index contributed by atoms with van der Waals surface area (Å²) < 4.78 is 0. The van der Waals surface area contributed by atoms with Crippen molar-refractivity contribution in [1.29, 1.82) is 10.5 Å². The summed E-state index contributed by atoms with van der Waals surface area (Å²) in [6.45, 7) is 0.419. The van der Waals surface area contributed by atoms with E-state index in [1.807, 2.05) is 12.1 Å². The molecule has 1 heterocycles. The van der Waals surface area contributed by atoms with E-state index in [2.05, 4.69) is 17.5 Å². The minimum atomic E-state index is -0.456. The number of likely N-dealkylation sites (N-methyl/N-ethyl adjacent to an activating group) is 1. The molecular formula is C27H27N5O3. The summed E-state index contributed by atoms with van der Waals surface area (Å²) in [6, 6.07) is 18.1. The molecule has 1 unspecified atom stereocenters. The van der Waals surface area contributed by atoms with Crippen LogP contribution < -0.4 is 5.32 Å². The predicted octanol–water partition coefficient (Wildman–Crippen LogP) is 1.76. The van der Waals surface area contributed by atoms with Crippen LogP contribution in [0.4, 0.5) is 0 Å². The van der Waals surface area contributed by atoms with Crippen LogP contribution in [-0.4, -0.2) is 67.7 Å². The van der Waals surface area contributed by atoms with E-state index >= 15 is 0 Å². The van der Waals surface area contributed by atoms with Crippen molar-refractivity contribution in [3.63, 3.8) is 0 Å². The van der Waals surface area contributed by atoms with Gasteiger partial charge in [0, 0.05) is 24.6 Å². The van der Waals surface area contributed by atoms with Crippen molar-refractivity contribution < 1.29 is 14.4 Å². The zero-order valence-corrected chi connectivity index (χ0v) is 19.8. The Labute approximate surface area is 205 Å². The normalized spacial score (nSPS) is 16.6. The third-order valence-electron chi connectivity index (χ3n) is 5.68. The first-order valence-electron chi connectivity index (χ1n) is 11.2. The predicted molar refractivity (Wildman–Crippen MR) is 131 cm³/mol. The highest BCUT2D eigenvalue weighted by molar-refractivity contribution is 6.03. The topological polar surface area (TPSA) is 117 Å². The molecule has 2 aromatic carbocycles. The molecule has 0 spiro atoms. The third-order valence-corrected chi connectivity index (χ3v) is 5.68. The Bertz CT molecular complexity index is 1200. The first kappa shape index (κ1) is 25.4. The molecular weight excluding hydrogens is 442 g/mol. The van der Waals surface area contributed by atoms with E-state index in [1.54, 1.807) is 66.4 Å². The minimum Gasteiger partial charge on any atom is -0.346 e. The summed E-state index contributed by atoms with van der Waals surface area (Å²) in [5, 5.41) is 20.7. The van der Waals surface area contributed by atoms with Gasteiger partial charge >= 0.3 is 0 Å². The number of carbonyl (C=O) groups is 3. The molecule has 3 rings (SSSR count). The van der Waals surface area contributed by atoms with Gasteiger partial charge in [-0.1, -0.05) is 24.3 Å². The van der Waals surface area contributed by atoms with Crippen molar-refractivity contribution in [1.82, 2.24) is 15.1 Å². The standard InChI is InChI=1S/C27H27N5O3/c1-31(2)18-25(33)30-15-26(34)32-16-23(11-19-3-7-21(13-28)8-4-19)27(35)24(17-32)12-20-5-9-22(14-29)10-6-20/h3-11,24H,12,15-18H2,1-2H3,(H,30,33)/b23-11+. The second kappa shape index (κ2) is 11.7. The molecule has 1 aliphatic heterocycles. The lowest BCUT2D eigenvalue weighted by molar-refractivity contribution is -0.135. The van der Waals surface area contributed by atoms with Crippen LogP contribution in [0.2, 0.25) is 0 Å². The Hall–Kier alpha value is -4.27. The van der Waals surface area contributed by atoms with E-state index in [0.29, 0.717) is 23.1 Å². The average Bonchev–Trinajstić information content (AvgIpc) is 2.85. The second-order valence-corrected chi connectivity index (χ2v) is 8.77. The van der Waals surface area contributed by atoms with Gasteiger partial charge in [0.1, 0.15) is 0 Å². The largest absolute Gasteiger partial charge is 0.346 e. The Morgan fingerprint density at radius 1 is 1.06 bits per heavy atom. The third kappa shape index (κ3) is 7.10. The number of hydrogen-bond donors (Lipinski definition) is 1. The van der Waals surface area contributed by atoms with E-state index in [0.717, 1.165) is 11.1 Å². The number of rotatable bonds is 7. The van der Waals surface area contributed by atoms with Gasteiger partial charge in [0.2, 0.25) is 11.8 Å². The van der Waals surface area contributed by atoms with Crippen molar-refractivity contribution in [3.05, 3.63) is 76.4 Å². The van der Waals surface area contributed by atoms with Crippen LogP contribution in [-0.2, 0) is 20.8 Å². The lowest BCUT2D eigenvalue weighted by Gasteiger charge is -2.34. The van der Waals surface area contributed by atoms with E-state index in [-0.39, 0.29) is 43.8 Å². The molecule has 2 aromatic rings. The number of benzene rings is 2. The maximum atomic E-state index is 13.3. The second-order valence-electron chi connectivity index (χ2n) is 8.77. The maximum Gasteiger partial charge on any atom is 0.242 e. The molecule has 1 fully saturated rings. The van der Waals surface area contributed by atoms with Crippen LogP contribution in [0.5, 0.6) is 0 Å². The number of likely N-dealkylation sites (tertiary alicyclic amines) is 1. The monoisotopic (exact) mass is 469 g/mol. The number of ketones is 1. The molecule has 0 saturated carbocycles. The van der Waals surface area contributed by atoms with Gasteiger partial charge in [-0.3, -0.25) is 14.4 Å². The van der Waals surface area contributed by atoms with Gasteiger partial charge in [0.15, 0.2) is 5.78 Å². The number of nitrogens with one attached hydrogen (secondary N) is 1. The molecule has 0 bridgehead atoms. The first-order valence-corrected chi connectivity index (χ1v) is 11.2. The van der Waals surface area contributed by atoms with Gasteiger partial charge in [-0.15, -0.1) is 0 Å². The molecule has 1 saturated heterocycles. The number of piperidine rings is 1. The van der Waals surface area contributed by atoms with Crippen molar-refractivity contribution in [2.45, 2.75) is 6.42 Å². The van der Waals surface area contributed by atoms with Crippen LogP contribution in [0.15, 0.2) is 54.1 Å². The Kier molecular flexibility index (Phi) is 8.50. The summed E-state index contributed by atoms with van der Waals surface area (Å²) in [5.74, 6) is -1.01. The fourth-order valence-electron chi connectivity index (χ4n) is 3.91. The lowest BCUT2D eigenvalue weighted by Crippen LogP contribution is -2.49. The van der Waals surface area contributed by atoms with Gasteiger partial charge in [0.05, 0.1) is 36.4 Å². The fourth-order valence-corrected chi connectivity index (χ4v) is 3.91. The minimum absolute atomic E-state index is 0.0422. The number of Topliss-reactive ketones (excluding diaryl/α,β-unsaturated/α-hetero) is 1. The lowest BCUT2D eigenvalue weighted by atomic mass is 9.86. The fraction of sp³-hybridized carbons (Fsp3) is 0.296. The highest BCUT2D eigenvalue weighted by Gasteiger charge is 2.33. The van der Waals surface area contributed by atoms with Crippen LogP contribution in [0.1, 0.15) is 22.3 Å². The van der Waals surface area contributed by atoms with Gasteiger partial charge < -0.3 is 15.1 Å². The zero-order valence-electron chi connectivity index (χ0n) is 19.8. The van der Waals surface area contributed by atoms with Gasteiger partial charge in [-0.2, -0.15) is 10.5 Å². The summed E-state index contributed by atoms with van der Waals surface area (Å²) in [6.07, 6.45) is 2.17. The summed E-state index contributed by atoms with van der Waals surface area (Å²) in [5.41, 5.74) is 3.21. The zero-order chi connectivity index (χ0) is 25.4. The Morgan fingerprint density at radius 3 is 2.23 bits per heavy atom. The number of nitriles is 2.